The molecule has 0 bridgehead atoms. The number of nitrogens with zero attached hydrogens (tertiary/aromatic N) is 4. The SMILES string of the molecule is O=C1CCC(N2C(=O)c3ccc(N4CCN(CC5CCN(c6ccc(C(=O)OCc7ccccc7)cc6)CC5)CC4)cc3C2=O)C(=O)N1. The molecule has 1 atom stereocenters. The van der Waals surface area contributed by atoms with Gasteiger partial charge in [-0.1, -0.05) is 30.3 Å². The number of anilines is 2. The fourth-order valence-electron chi connectivity index (χ4n) is 7.20. The summed E-state index contributed by atoms with van der Waals surface area (Å²) in [6.07, 6.45) is 2.45. The van der Waals surface area contributed by atoms with E-state index >= 15 is 0 Å². The molecule has 4 aliphatic rings. The van der Waals surface area contributed by atoms with Crippen molar-refractivity contribution in [1.29, 1.82) is 0 Å². The van der Waals surface area contributed by atoms with Crippen LogP contribution in [0.3, 0.4) is 0 Å². The highest BCUT2D eigenvalue weighted by molar-refractivity contribution is 6.23. The molecular weight excluding hydrogens is 610 g/mol. The number of piperazine rings is 1. The number of ether oxygens (including phenoxy) is 1. The van der Waals surface area contributed by atoms with E-state index in [0.717, 1.165) is 80.5 Å². The molecule has 1 N–H and O–H groups in total. The Hall–Kier alpha value is -5.03. The molecule has 0 spiro atoms. The van der Waals surface area contributed by atoms with Crippen LogP contribution in [0.2, 0.25) is 0 Å². The number of esters is 1. The summed E-state index contributed by atoms with van der Waals surface area (Å²) in [5.74, 6) is -1.66. The minimum Gasteiger partial charge on any atom is -0.457 e. The Bertz CT molecular complexity index is 1710. The van der Waals surface area contributed by atoms with Crippen molar-refractivity contribution in [2.24, 2.45) is 5.92 Å². The average Bonchev–Trinajstić information content (AvgIpc) is 3.36. The highest BCUT2D eigenvalue weighted by atomic mass is 16.5. The smallest absolute Gasteiger partial charge is 0.338 e. The maximum absolute atomic E-state index is 13.3. The molecule has 7 rings (SSSR count). The lowest BCUT2D eigenvalue weighted by Gasteiger charge is -2.40. The molecule has 3 aromatic carbocycles. The maximum atomic E-state index is 13.3. The van der Waals surface area contributed by atoms with E-state index < -0.39 is 23.8 Å². The number of carbonyl (C=O) groups excluding carboxylic acids is 5. The molecule has 0 aromatic heterocycles. The Morgan fingerprint density at radius 1 is 0.729 bits per heavy atom. The van der Waals surface area contributed by atoms with Gasteiger partial charge in [-0.2, -0.15) is 0 Å². The number of benzene rings is 3. The molecule has 0 radical (unpaired) electrons. The van der Waals surface area contributed by atoms with Gasteiger partial charge < -0.3 is 14.5 Å². The van der Waals surface area contributed by atoms with E-state index in [1.54, 1.807) is 12.1 Å². The Labute approximate surface area is 279 Å². The molecule has 1 unspecified atom stereocenters. The zero-order chi connectivity index (χ0) is 33.2. The number of imide groups is 2. The summed E-state index contributed by atoms with van der Waals surface area (Å²) in [5, 5.41) is 2.24. The summed E-state index contributed by atoms with van der Waals surface area (Å²) in [6, 6.07) is 21.7. The van der Waals surface area contributed by atoms with Gasteiger partial charge in [-0.3, -0.25) is 34.3 Å². The molecule has 0 saturated carbocycles. The first-order chi connectivity index (χ1) is 23.3. The van der Waals surface area contributed by atoms with Gasteiger partial charge in [0.05, 0.1) is 16.7 Å². The van der Waals surface area contributed by atoms with E-state index in [1.807, 2.05) is 60.7 Å². The lowest BCUT2D eigenvalue weighted by molar-refractivity contribution is -0.136. The van der Waals surface area contributed by atoms with Gasteiger partial charge in [0.25, 0.3) is 11.8 Å². The van der Waals surface area contributed by atoms with Crippen LogP contribution in [-0.2, 0) is 20.9 Å². The van der Waals surface area contributed by atoms with Crippen molar-refractivity contribution in [1.82, 2.24) is 15.1 Å². The van der Waals surface area contributed by atoms with Gasteiger partial charge >= 0.3 is 5.97 Å². The van der Waals surface area contributed by atoms with Crippen LogP contribution in [0.5, 0.6) is 0 Å². The Morgan fingerprint density at radius 3 is 2.10 bits per heavy atom. The second-order valence-corrected chi connectivity index (χ2v) is 13.0. The van der Waals surface area contributed by atoms with E-state index in [4.69, 9.17) is 4.74 Å². The predicted octanol–water partition coefficient (Wildman–Crippen LogP) is 3.48. The van der Waals surface area contributed by atoms with E-state index in [9.17, 15) is 24.0 Å². The van der Waals surface area contributed by atoms with Gasteiger partial charge in [0.1, 0.15) is 12.6 Å². The molecule has 0 aliphatic carbocycles. The van der Waals surface area contributed by atoms with Crippen LogP contribution in [-0.4, -0.2) is 91.3 Å². The lowest BCUT2D eigenvalue weighted by Crippen LogP contribution is -2.54. The molecule has 48 heavy (non-hydrogen) atoms. The van der Waals surface area contributed by atoms with E-state index in [1.165, 1.54) is 0 Å². The van der Waals surface area contributed by atoms with E-state index in [2.05, 4.69) is 20.0 Å². The summed E-state index contributed by atoms with van der Waals surface area (Å²) >= 11 is 0. The largest absolute Gasteiger partial charge is 0.457 e. The van der Waals surface area contributed by atoms with Gasteiger partial charge in [0.2, 0.25) is 11.8 Å². The highest BCUT2D eigenvalue weighted by Crippen LogP contribution is 2.31. The number of fused-ring (bicyclic) bond motifs is 1. The van der Waals surface area contributed by atoms with Gasteiger partial charge in [-0.15, -0.1) is 0 Å². The van der Waals surface area contributed by atoms with Crippen molar-refractivity contribution in [3.05, 3.63) is 95.1 Å². The summed E-state index contributed by atoms with van der Waals surface area (Å²) in [4.78, 5) is 70.9. The number of amides is 4. The molecule has 3 saturated heterocycles. The average molecular weight is 650 g/mol. The lowest BCUT2D eigenvalue weighted by atomic mass is 9.95. The second kappa shape index (κ2) is 13.6. The van der Waals surface area contributed by atoms with Crippen LogP contribution in [0, 0.1) is 5.92 Å². The van der Waals surface area contributed by atoms with Crippen LogP contribution in [0.1, 0.15) is 62.3 Å². The van der Waals surface area contributed by atoms with Crippen molar-refractivity contribution < 1.29 is 28.7 Å². The monoisotopic (exact) mass is 649 g/mol. The number of rotatable bonds is 8. The molecule has 11 nitrogen and oxygen atoms in total. The normalized spacial score (nSPS) is 20.6. The second-order valence-electron chi connectivity index (χ2n) is 13.0. The van der Waals surface area contributed by atoms with Crippen LogP contribution in [0.4, 0.5) is 11.4 Å². The van der Waals surface area contributed by atoms with Gasteiger partial charge in [-0.05, 0) is 73.2 Å². The summed E-state index contributed by atoms with van der Waals surface area (Å²) in [7, 11) is 0. The standard InChI is InChI=1S/C37H39N5O6/c43-33-13-12-32(34(44)38-33)42-35(45)30-11-10-29(22-31(30)36(42)46)41-20-18-39(19-21-41)23-25-14-16-40(17-15-25)28-8-6-27(7-9-28)37(47)48-24-26-4-2-1-3-5-26/h1-11,22,25,32H,12-21,23-24H2,(H,38,43,44). The van der Waals surface area contributed by atoms with Crippen LogP contribution in [0.15, 0.2) is 72.8 Å². The minimum absolute atomic E-state index is 0.0990. The van der Waals surface area contributed by atoms with Crippen molar-refractivity contribution in [2.45, 2.75) is 38.3 Å². The molecule has 3 fully saturated rings. The highest BCUT2D eigenvalue weighted by Gasteiger charge is 2.44. The first-order valence-corrected chi connectivity index (χ1v) is 16.7. The van der Waals surface area contributed by atoms with Crippen molar-refractivity contribution in [3.8, 4) is 0 Å². The molecule has 4 aliphatic heterocycles. The molecular formula is C37H39N5O6. The first kappa shape index (κ1) is 31.6. The topological polar surface area (TPSA) is 120 Å². The number of piperidine rings is 2. The summed E-state index contributed by atoms with van der Waals surface area (Å²) in [5.41, 5.74) is 4.15. The van der Waals surface area contributed by atoms with Crippen molar-refractivity contribution >= 4 is 41.0 Å². The summed E-state index contributed by atoms with van der Waals surface area (Å²) in [6.45, 7) is 6.71. The Kier molecular flexibility index (Phi) is 8.94. The third kappa shape index (κ3) is 6.55. The number of carbonyl (C=O) groups is 5. The van der Waals surface area contributed by atoms with Crippen LogP contribution >= 0.6 is 0 Å². The Morgan fingerprint density at radius 2 is 1.40 bits per heavy atom. The van der Waals surface area contributed by atoms with Crippen molar-refractivity contribution in [3.63, 3.8) is 0 Å². The molecule has 4 heterocycles. The number of hydrogen-bond acceptors (Lipinski definition) is 9. The number of nitrogens with one attached hydrogen (secondary N) is 1. The van der Waals surface area contributed by atoms with Crippen LogP contribution < -0.4 is 15.1 Å². The maximum Gasteiger partial charge on any atom is 0.338 e. The molecule has 11 heteroatoms. The minimum atomic E-state index is -0.962. The van der Waals surface area contributed by atoms with Crippen LogP contribution in [0.25, 0.3) is 0 Å². The molecule has 248 valence electrons. The zero-order valence-corrected chi connectivity index (χ0v) is 26.8. The third-order valence-electron chi connectivity index (χ3n) is 9.97. The van der Waals surface area contributed by atoms with Gasteiger partial charge in [-0.25, -0.2) is 4.79 Å². The van der Waals surface area contributed by atoms with Gasteiger partial charge in [0, 0.05) is 63.6 Å². The molecule has 4 amide bonds. The van der Waals surface area contributed by atoms with Gasteiger partial charge in [0.15, 0.2) is 0 Å². The van der Waals surface area contributed by atoms with E-state index in [-0.39, 0.29) is 31.3 Å². The summed E-state index contributed by atoms with van der Waals surface area (Å²) < 4.78 is 5.47. The fraction of sp³-hybridized carbons (Fsp3) is 0.378. The quantitative estimate of drug-likeness (QED) is 0.289. The Balaban J connectivity index is 0.867. The fourth-order valence-corrected chi connectivity index (χ4v) is 7.20. The van der Waals surface area contributed by atoms with E-state index in [0.29, 0.717) is 22.6 Å². The predicted molar refractivity (Wildman–Crippen MR) is 179 cm³/mol. The first-order valence-electron chi connectivity index (χ1n) is 16.7. The van der Waals surface area contributed by atoms with Crippen molar-refractivity contribution in [2.75, 3.05) is 55.6 Å². The third-order valence-corrected chi connectivity index (χ3v) is 9.97. The zero-order valence-electron chi connectivity index (χ0n) is 26.8. The molecule has 3 aromatic rings. The number of hydrogen-bond donors (Lipinski definition) is 1.